The molecule has 0 saturated carbocycles. The van der Waals surface area contributed by atoms with Crippen molar-refractivity contribution in [3.05, 3.63) is 40.4 Å². The number of halogens is 4. The van der Waals surface area contributed by atoms with E-state index in [9.17, 15) is 8.78 Å². The molecule has 1 aromatic carbocycles. The van der Waals surface area contributed by atoms with Gasteiger partial charge in [0.15, 0.2) is 0 Å². The minimum absolute atomic E-state index is 0.0571. The predicted molar refractivity (Wildman–Crippen MR) is 54.6 cm³/mol. The molecule has 0 radical (unpaired) electrons. The molecule has 0 bridgehead atoms. The lowest BCUT2D eigenvalue weighted by Gasteiger charge is -2.06. The van der Waals surface area contributed by atoms with E-state index in [2.05, 4.69) is 5.32 Å². The Kier molecular flexibility index (Phi) is 4.17. The molecule has 1 rings (SSSR count). The molecule has 0 aromatic heterocycles. The number of hydrogen-bond donors (Lipinski definition) is 1. The summed E-state index contributed by atoms with van der Waals surface area (Å²) in [6.07, 6.45) is 0. The first kappa shape index (κ1) is 11.3. The highest BCUT2D eigenvalue weighted by Crippen LogP contribution is 2.16. The van der Waals surface area contributed by atoms with Crippen molar-refractivity contribution < 1.29 is 8.78 Å². The van der Waals surface area contributed by atoms with E-state index in [-0.39, 0.29) is 12.2 Å². The number of benzene rings is 1. The van der Waals surface area contributed by atoms with Gasteiger partial charge in [-0.25, -0.2) is 8.78 Å². The molecule has 0 aliphatic carbocycles. The predicted octanol–water partition coefficient (Wildman–Crippen LogP) is 3.70. The maximum Gasteiger partial charge on any atom is 0.146 e. The molecule has 14 heavy (non-hydrogen) atoms. The van der Waals surface area contributed by atoms with Crippen molar-refractivity contribution in [1.82, 2.24) is 0 Å². The van der Waals surface area contributed by atoms with Crippen LogP contribution in [0.3, 0.4) is 0 Å². The van der Waals surface area contributed by atoms with Crippen molar-refractivity contribution in [1.29, 1.82) is 0 Å². The van der Waals surface area contributed by atoms with E-state index in [0.29, 0.717) is 5.03 Å². The fourth-order valence-corrected chi connectivity index (χ4v) is 0.995. The van der Waals surface area contributed by atoms with E-state index >= 15 is 0 Å². The monoisotopic (exact) mass is 237 g/mol. The third kappa shape index (κ3) is 3.16. The van der Waals surface area contributed by atoms with Crippen LogP contribution in [0.1, 0.15) is 0 Å². The maximum absolute atomic E-state index is 13.0. The second-order valence-electron chi connectivity index (χ2n) is 2.53. The van der Waals surface area contributed by atoms with Gasteiger partial charge in [-0.3, -0.25) is 0 Å². The topological polar surface area (TPSA) is 12.0 Å². The summed E-state index contributed by atoms with van der Waals surface area (Å²) in [7, 11) is 0. The molecule has 76 valence electrons. The van der Waals surface area contributed by atoms with Crippen molar-refractivity contribution in [2.24, 2.45) is 0 Å². The van der Waals surface area contributed by atoms with Crippen molar-refractivity contribution in [3.63, 3.8) is 0 Å². The van der Waals surface area contributed by atoms with Crippen LogP contribution < -0.4 is 5.32 Å². The molecule has 1 aromatic rings. The molecule has 0 aliphatic heterocycles. The summed E-state index contributed by atoms with van der Waals surface area (Å²) in [6.45, 7) is 0.158. The second kappa shape index (κ2) is 5.17. The van der Waals surface area contributed by atoms with Crippen LogP contribution in [-0.4, -0.2) is 6.54 Å². The third-order valence-corrected chi connectivity index (χ3v) is 2.11. The minimum Gasteiger partial charge on any atom is -0.378 e. The lowest BCUT2D eigenvalue weighted by atomic mass is 10.3. The normalized spacial score (nSPS) is 11.6. The summed E-state index contributed by atoms with van der Waals surface area (Å²) in [4.78, 5) is 0. The van der Waals surface area contributed by atoms with Gasteiger partial charge < -0.3 is 5.32 Å². The third-order valence-electron chi connectivity index (χ3n) is 1.49. The van der Waals surface area contributed by atoms with E-state index in [4.69, 9.17) is 23.2 Å². The molecule has 0 amide bonds. The van der Waals surface area contributed by atoms with Crippen LogP contribution in [0.25, 0.3) is 0 Å². The van der Waals surface area contributed by atoms with Crippen LogP contribution in [-0.2, 0) is 0 Å². The molecular weight excluding hydrogens is 231 g/mol. The van der Waals surface area contributed by atoms with Crippen molar-refractivity contribution in [2.45, 2.75) is 0 Å². The Morgan fingerprint density at radius 2 is 2.14 bits per heavy atom. The first-order chi connectivity index (χ1) is 6.63. The molecule has 0 fully saturated rings. The summed E-state index contributed by atoms with van der Waals surface area (Å²) >= 11 is 10.8. The Morgan fingerprint density at radius 3 is 2.79 bits per heavy atom. The first-order valence-corrected chi connectivity index (χ1v) is 4.58. The van der Waals surface area contributed by atoms with Gasteiger partial charge in [0.1, 0.15) is 11.6 Å². The summed E-state index contributed by atoms with van der Waals surface area (Å²) in [5.41, 5.74) is 1.22. The molecular formula is C9H7Cl2F2N. The first-order valence-electron chi connectivity index (χ1n) is 3.77. The highest BCUT2D eigenvalue weighted by atomic mass is 35.5. The summed E-state index contributed by atoms with van der Waals surface area (Å²) in [5, 5.41) is 2.92. The van der Waals surface area contributed by atoms with Gasteiger partial charge in [0, 0.05) is 10.6 Å². The zero-order valence-electron chi connectivity index (χ0n) is 7.03. The summed E-state index contributed by atoms with van der Waals surface area (Å²) in [5.74, 6) is -1.05. The SMILES string of the molecule is Fc1ccc(F)c(NCC(Cl)=CCl)c1. The maximum atomic E-state index is 13.0. The largest absolute Gasteiger partial charge is 0.378 e. The molecule has 0 atom stereocenters. The van der Waals surface area contributed by atoms with Crippen molar-refractivity contribution in [3.8, 4) is 0 Å². The molecule has 0 saturated heterocycles. The van der Waals surface area contributed by atoms with E-state index in [0.717, 1.165) is 23.7 Å². The van der Waals surface area contributed by atoms with Crippen LogP contribution in [0.4, 0.5) is 14.5 Å². The van der Waals surface area contributed by atoms with Gasteiger partial charge in [-0.1, -0.05) is 23.2 Å². The number of nitrogens with one attached hydrogen (secondary N) is 1. The molecule has 0 unspecified atom stereocenters. The van der Waals surface area contributed by atoms with Gasteiger partial charge in [0.2, 0.25) is 0 Å². The Bertz CT molecular complexity index is 353. The van der Waals surface area contributed by atoms with Gasteiger partial charge >= 0.3 is 0 Å². The van der Waals surface area contributed by atoms with Gasteiger partial charge in [-0.15, -0.1) is 0 Å². The molecule has 1 N–H and O–H groups in total. The van der Waals surface area contributed by atoms with Crippen LogP contribution in [0, 0.1) is 11.6 Å². The Labute approximate surface area is 90.3 Å². The number of hydrogen-bond acceptors (Lipinski definition) is 1. The number of rotatable bonds is 3. The van der Waals surface area contributed by atoms with E-state index in [1.165, 1.54) is 0 Å². The second-order valence-corrected chi connectivity index (χ2v) is 3.24. The Morgan fingerprint density at radius 1 is 1.43 bits per heavy atom. The average Bonchev–Trinajstić information content (AvgIpc) is 2.19. The van der Waals surface area contributed by atoms with Crippen LogP contribution in [0.15, 0.2) is 28.8 Å². The zero-order chi connectivity index (χ0) is 10.6. The lowest BCUT2D eigenvalue weighted by Crippen LogP contribution is -2.03. The molecule has 0 spiro atoms. The number of anilines is 1. The molecule has 5 heteroatoms. The Balaban J connectivity index is 2.71. The van der Waals surface area contributed by atoms with Crippen LogP contribution >= 0.6 is 23.2 Å². The molecule has 0 heterocycles. The van der Waals surface area contributed by atoms with E-state index < -0.39 is 11.6 Å². The standard InChI is InChI=1S/C9H7Cl2F2N/c10-4-6(11)5-14-9-3-7(12)1-2-8(9)13/h1-4,14H,5H2. The minimum atomic E-state index is -0.537. The smallest absolute Gasteiger partial charge is 0.146 e. The fourth-order valence-electron chi connectivity index (χ4n) is 0.851. The highest BCUT2D eigenvalue weighted by Gasteiger charge is 2.03. The van der Waals surface area contributed by atoms with Gasteiger partial charge in [0.05, 0.1) is 12.2 Å². The Hall–Kier alpha value is -0.800. The molecule has 0 aliphatic rings. The molecule has 1 nitrogen and oxygen atoms in total. The fraction of sp³-hybridized carbons (Fsp3) is 0.111. The van der Waals surface area contributed by atoms with Gasteiger partial charge in [-0.2, -0.15) is 0 Å². The summed E-state index contributed by atoms with van der Waals surface area (Å²) in [6, 6.07) is 3.13. The highest BCUT2D eigenvalue weighted by molar-refractivity contribution is 6.36. The van der Waals surface area contributed by atoms with Crippen LogP contribution in [0.2, 0.25) is 0 Å². The average molecular weight is 238 g/mol. The van der Waals surface area contributed by atoms with E-state index in [1.54, 1.807) is 0 Å². The van der Waals surface area contributed by atoms with Crippen LogP contribution in [0.5, 0.6) is 0 Å². The quantitative estimate of drug-likeness (QED) is 0.846. The van der Waals surface area contributed by atoms with Crippen molar-refractivity contribution >= 4 is 28.9 Å². The lowest BCUT2D eigenvalue weighted by molar-refractivity contribution is 0.603. The van der Waals surface area contributed by atoms with Gasteiger partial charge in [0.25, 0.3) is 0 Å². The summed E-state index contributed by atoms with van der Waals surface area (Å²) < 4.78 is 25.7. The van der Waals surface area contributed by atoms with Crippen molar-refractivity contribution in [2.75, 3.05) is 11.9 Å². The van der Waals surface area contributed by atoms with E-state index in [1.807, 2.05) is 0 Å². The van der Waals surface area contributed by atoms with Gasteiger partial charge in [-0.05, 0) is 18.2 Å². The zero-order valence-corrected chi connectivity index (χ0v) is 8.54.